The second-order valence-electron chi connectivity index (χ2n) is 3.91. The highest BCUT2D eigenvalue weighted by molar-refractivity contribution is 5.66. The molecule has 0 aliphatic heterocycles. The lowest BCUT2D eigenvalue weighted by Crippen LogP contribution is -2.19. The third kappa shape index (κ3) is 3.80. The van der Waals surface area contributed by atoms with Gasteiger partial charge < -0.3 is 16.2 Å². The molecular formula is C12H20N2O. The van der Waals surface area contributed by atoms with Crippen LogP contribution in [0.15, 0.2) is 18.2 Å². The van der Waals surface area contributed by atoms with Crippen LogP contribution >= 0.6 is 0 Å². The molecule has 1 aromatic rings. The zero-order valence-electron chi connectivity index (χ0n) is 9.46. The lowest BCUT2D eigenvalue weighted by atomic mass is 10.1. The second kappa shape index (κ2) is 5.61. The Hall–Kier alpha value is -1.22. The van der Waals surface area contributed by atoms with Gasteiger partial charge in [-0.15, -0.1) is 0 Å². The van der Waals surface area contributed by atoms with Crippen LogP contribution in [0.1, 0.15) is 25.3 Å². The molecule has 0 aliphatic carbocycles. The fraction of sp³-hybridized carbons (Fsp3) is 0.500. The number of hydrogen-bond donors (Lipinski definition) is 3. The molecule has 0 saturated heterocycles. The van der Waals surface area contributed by atoms with Gasteiger partial charge in [-0.05, 0) is 31.0 Å². The van der Waals surface area contributed by atoms with E-state index in [0.717, 1.165) is 29.8 Å². The first-order valence-corrected chi connectivity index (χ1v) is 5.41. The number of benzene rings is 1. The van der Waals surface area contributed by atoms with E-state index in [1.807, 2.05) is 25.1 Å². The highest BCUT2D eigenvalue weighted by atomic mass is 16.3. The van der Waals surface area contributed by atoms with E-state index in [0.29, 0.717) is 6.54 Å². The van der Waals surface area contributed by atoms with Gasteiger partial charge in [0, 0.05) is 6.54 Å². The van der Waals surface area contributed by atoms with Gasteiger partial charge in [0.15, 0.2) is 0 Å². The van der Waals surface area contributed by atoms with Crippen LogP contribution in [0.25, 0.3) is 0 Å². The van der Waals surface area contributed by atoms with Gasteiger partial charge in [-0.1, -0.05) is 19.4 Å². The predicted molar refractivity (Wildman–Crippen MR) is 65.0 cm³/mol. The molecule has 0 amide bonds. The third-order valence-electron chi connectivity index (χ3n) is 2.36. The Morgan fingerprint density at radius 3 is 2.80 bits per heavy atom. The van der Waals surface area contributed by atoms with Crippen LogP contribution in [0.2, 0.25) is 0 Å². The van der Waals surface area contributed by atoms with Crippen LogP contribution in [0.4, 0.5) is 11.4 Å². The summed E-state index contributed by atoms with van der Waals surface area (Å²) in [6.45, 7) is 4.62. The van der Waals surface area contributed by atoms with E-state index < -0.39 is 0 Å². The number of aliphatic hydroxyl groups excluding tert-OH is 1. The van der Waals surface area contributed by atoms with Crippen molar-refractivity contribution in [3.63, 3.8) is 0 Å². The summed E-state index contributed by atoms with van der Waals surface area (Å²) in [5.41, 5.74) is 8.62. The fourth-order valence-electron chi connectivity index (χ4n) is 1.51. The molecule has 15 heavy (non-hydrogen) atoms. The quantitative estimate of drug-likeness (QED) is 0.650. The smallest absolute Gasteiger partial charge is 0.0712 e. The Labute approximate surface area is 91.3 Å². The number of anilines is 2. The van der Waals surface area contributed by atoms with Gasteiger partial charge in [-0.3, -0.25) is 0 Å². The van der Waals surface area contributed by atoms with E-state index >= 15 is 0 Å². The number of nitrogens with two attached hydrogens (primary N) is 1. The molecule has 0 heterocycles. The molecule has 1 unspecified atom stereocenters. The van der Waals surface area contributed by atoms with Gasteiger partial charge in [-0.25, -0.2) is 0 Å². The van der Waals surface area contributed by atoms with Crippen molar-refractivity contribution in [3.8, 4) is 0 Å². The van der Waals surface area contributed by atoms with E-state index in [2.05, 4.69) is 12.2 Å². The Morgan fingerprint density at radius 1 is 1.47 bits per heavy atom. The zero-order valence-corrected chi connectivity index (χ0v) is 9.46. The van der Waals surface area contributed by atoms with Crippen molar-refractivity contribution in [2.75, 3.05) is 17.6 Å². The summed E-state index contributed by atoms with van der Waals surface area (Å²) < 4.78 is 0. The average molecular weight is 208 g/mol. The molecule has 0 bridgehead atoms. The molecule has 0 radical (unpaired) electrons. The summed E-state index contributed by atoms with van der Waals surface area (Å²) in [5, 5.41) is 12.7. The Balaban J connectivity index is 2.50. The van der Waals surface area contributed by atoms with Gasteiger partial charge in [0.25, 0.3) is 0 Å². The maximum Gasteiger partial charge on any atom is 0.0712 e. The fourth-order valence-corrected chi connectivity index (χ4v) is 1.51. The largest absolute Gasteiger partial charge is 0.397 e. The lowest BCUT2D eigenvalue weighted by molar-refractivity contribution is 0.176. The van der Waals surface area contributed by atoms with Gasteiger partial charge in [0.05, 0.1) is 17.5 Å². The van der Waals surface area contributed by atoms with E-state index in [4.69, 9.17) is 5.73 Å². The molecule has 0 aromatic heterocycles. The maximum atomic E-state index is 9.55. The Kier molecular flexibility index (Phi) is 4.43. The number of aryl methyl sites for hydroxylation is 1. The average Bonchev–Trinajstić information content (AvgIpc) is 2.17. The molecule has 0 saturated carbocycles. The molecule has 1 aromatic carbocycles. The lowest BCUT2D eigenvalue weighted by Gasteiger charge is -2.13. The summed E-state index contributed by atoms with van der Waals surface area (Å²) in [5.74, 6) is 0. The summed E-state index contributed by atoms with van der Waals surface area (Å²) in [7, 11) is 0. The predicted octanol–water partition coefficient (Wildman–Crippen LogP) is 2.15. The van der Waals surface area contributed by atoms with E-state index in [-0.39, 0.29) is 6.10 Å². The van der Waals surface area contributed by atoms with E-state index in [1.54, 1.807) is 0 Å². The topological polar surface area (TPSA) is 58.3 Å². The molecule has 3 nitrogen and oxygen atoms in total. The van der Waals surface area contributed by atoms with Crippen LogP contribution in [-0.4, -0.2) is 17.8 Å². The minimum Gasteiger partial charge on any atom is -0.397 e. The summed E-state index contributed by atoms with van der Waals surface area (Å²) in [4.78, 5) is 0. The highest BCUT2D eigenvalue weighted by Crippen LogP contribution is 2.19. The van der Waals surface area contributed by atoms with Crippen molar-refractivity contribution < 1.29 is 5.11 Å². The number of nitrogens with one attached hydrogen (secondary N) is 1. The Morgan fingerprint density at radius 2 is 2.20 bits per heavy atom. The second-order valence-corrected chi connectivity index (χ2v) is 3.91. The normalized spacial score (nSPS) is 12.5. The van der Waals surface area contributed by atoms with Crippen molar-refractivity contribution in [1.29, 1.82) is 0 Å². The standard InChI is InChI=1S/C12H20N2O/c1-3-4-10(15)8-14-12-6-5-9(2)7-11(12)13/h5-7,10,14-15H,3-4,8,13H2,1-2H3. The van der Waals surface area contributed by atoms with Crippen molar-refractivity contribution in [3.05, 3.63) is 23.8 Å². The Bertz CT molecular complexity index is 312. The van der Waals surface area contributed by atoms with Gasteiger partial charge in [0.2, 0.25) is 0 Å². The number of nitrogen functional groups attached to an aromatic ring is 1. The first-order chi connectivity index (χ1) is 7.13. The van der Waals surface area contributed by atoms with Crippen LogP contribution < -0.4 is 11.1 Å². The summed E-state index contributed by atoms with van der Waals surface area (Å²) in [6.07, 6.45) is 1.51. The molecule has 3 heteroatoms. The number of hydrogen-bond acceptors (Lipinski definition) is 3. The molecule has 1 atom stereocenters. The van der Waals surface area contributed by atoms with Crippen molar-refractivity contribution >= 4 is 11.4 Å². The van der Waals surface area contributed by atoms with E-state index in [9.17, 15) is 5.11 Å². The van der Waals surface area contributed by atoms with E-state index in [1.165, 1.54) is 0 Å². The van der Waals surface area contributed by atoms with Gasteiger partial charge >= 0.3 is 0 Å². The van der Waals surface area contributed by atoms with Crippen molar-refractivity contribution in [2.24, 2.45) is 0 Å². The van der Waals surface area contributed by atoms with Crippen molar-refractivity contribution in [1.82, 2.24) is 0 Å². The minimum absolute atomic E-state index is 0.296. The SMILES string of the molecule is CCCC(O)CNc1ccc(C)cc1N. The minimum atomic E-state index is -0.296. The van der Waals surface area contributed by atoms with Gasteiger partial charge in [0.1, 0.15) is 0 Å². The molecule has 0 fully saturated rings. The van der Waals surface area contributed by atoms with Crippen LogP contribution in [0.3, 0.4) is 0 Å². The third-order valence-corrected chi connectivity index (χ3v) is 2.36. The molecule has 0 aliphatic rings. The molecule has 1 rings (SSSR count). The first-order valence-electron chi connectivity index (χ1n) is 5.41. The summed E-state index contributed by atoms with van der Waals surface area (Å²) in [6, 6.07) is 5.88. The van der Waals surface area contributed by atoms with Crippen LogP contribution in [-0.2, 0) is 0 Å². The molecule has 0 spiro atoms. The molecule has 84 valence electrons. The number of aliphatic hydroxyl groups is 1. The summed E-state index contributed by atoms with van der Waals surface area (Å²) >= 11 is 0. The highest BCUT2D eigenvalue weighted by Gasteiger charge is 2.03. The van der Waals surface area contributed by atoms with Crippen molar-refractivity contribution in [2.45, 2.75) is 32.8 Å². The van der Waals surface area contributed by atoms with Crippen LogP contribution in [0, 0.1) is 6.92 Å². The molecule has 4 N–H and O–H groups in total. The number of rotatable bonds is 5. The molecular weight excluding hydrogens is 188 g/mol. The van der Waals surface area contributed by atoms with Crippen LogP contribution in [0.5, 0.6) is 0 Å². The first kappa shape index (κ1) is 11.9. The zero-order chi connectivity index (χ0) is 11.3. The van der Waals surface area contributed by atoms with Gasteiger partial charge in [-0.2, -0.15) is 0 Å². The monoisotopic (exact) mass is 208 g/mol. The maximum absolute atomic E-state index is 9.55.